The highest BCUT2D eigenvalue weighted by molar-refractivity contribution is 5.14. The number of aromatic nitrogens is 1. The second-order valence-corrected chi connectivity index (χ2v) is 3.78. The Labute approximate surface area is 112 Å². The van der Waals surface area contributed by atoms with Gasteiger partial charge in [-0.05, 0) is 5.56 Å². The lowest BCUT2D eigenvalue weighted by molar-refractivity contribution is -0.705. The predicted molar refractivity (Wildman–Crippen MR) is 62.7 cm³/mol. The molecule has 0 spiro atoms. The van der Waals surface area contributed by atoms with Gasteiger partial charge in [-0.2, -0.15) is 0 Å². The Hall–Kier alpha value is -1.19. The van der Waals surface area contributed by atoms with Crippen LogP contribution in [-0.4, -0.2) is 5.11 Å². The van der Waals surface area contributed by atoms with Crippen molar-refractivity contribution in [1.29, 1.82) is 0 Å². The number of pyridine rings is 1. The van der Waals surface area contributed by atoms with Crippen LogP contribution in [0.2, 0.25) is 0 Å². The van der Waals surface area contributed by atoms with Crippen LogP contribution in [0.4, 0.5) is 0 Å². The summed E-state index contributed by atoms with van der Waals surface area (Å²) in [6, 6.07) is 16.3. The third-order valence-electron chi connectivity index (χ3n) is 2.68. The second-order valence-electron chi connectivity index (χ2n) is 3.78. The minimum absolute atomic E-state index is 0. The number of halogens is 1. The molecule has 1 aromatic heterocycles. The molecule has 0 aliphatic heterocycles. The van der Waals surface area contributed by atoms with Gasteiger partial charge in [-0.3, -0.25) is 0 Å². The molecule has 0 fully saturated rings. The number of aryl methyl sites for hydroxylation is 2. The predicted octanol–water partition coefficient (Wildman–Crippen LogP) is -1.29. The van der Waals surface area contributed by atoms with E-state index in [1.165, 1.54) is 5.56 Å². The average molecular weight is 294 g/mol. The number of aliphatic hydroxyl groups excluding tert-OH is 1. The zero-order valence-electron chi connectivity index (χ0n) is 9.59. The van der Waals surface area contributed by atoms with E-state index >= 15 is 0 Å². The first-order valence-corrected chi connectivity index (χ1v) is 5.52. The maximum atomic E-state index is 9.19. The molecule has 0 saturated heterocycles. The standard InChI is InChI=1S/C14H16NO.BrH/c16-12-14-8-4-5-10-15(14)11-9-13-6-2-1-3-7-13;/h1-8,10,16H,9,11-12H2;1H/q+1;/p-1. The third kappa shape index (κ3) is 3.95. The number of rotatable bonds is 4. The largest absolute Gasteiger partial charge is 1.00 e. The normalized spacial score (nSPS) is 9.71. The molecule has 0 aliphatic carbocycles. The van der Waals surface area contributed by atoms with Gasteiger partial charge in [0.05, 0.1) is 0 Å². The first-order valence-electron chi connectivity index (χ1n) is 5.52. The zero-order valence-corrected chi connectivity index (χ0v) is 11.2. The van der Waals surface area contributed by atoms with Crippen molar-refractivity contribution in [1.82, 2.24) is 0 Å². The topological polar surface area (TPSA) is 24.1 Å². The van der Waals surface area contributed by atoms with Gasteiger partial charge in [0.25, 0.3) is 0 Å². The Morgan fingerprint density at radius 1 is 0.941 bits per heavy atom. The van der Waals surface area contributed by atoms with E-state index in [0.29, 0.717) is 0 Å². The molecule has 0 unspecified atom stereocenters. The van der Waals surface area contributed by atoms with Crippen molar-refractivity contribution in [2.75, 3.05) is 0 Å². The summed E-state index contributed by atoms with van der Waals surface area (Å²) < 4.78 is 2.09. The van der Waals surface area contributed by atoms with Gasteiger partial charge in [0.1, 0.15) is 6.61 Å². The Bertz CT molecular complexity index is 445. The van der Waals surface area contributed by atoms with Crippen LogP contribution in [-0.2, 0) is 19.6 Å². The summed E-state index contributed by atoms with van der Waals surface area (Å²) in [5.41, 5.74) is 2.28. The van der Waals surface area contributed by atoms with Gasteiger partial charge in [0.15, 0.2) is 12.7 Å². The van der Waals surface area contributed by atoms with Crippen molar-refractivity contribution in [3.8, 4) is 0 Å². The zero-order chi connectivity index (χ0) is 11.2. The van der Waals surface area contributed by atoms with Crippen LogP contribution in [0.1, 0.15) is 11.3 Å². The van der Waals surface area contributed by atoms with Crippen molar-refractivity contribution in [3.05, 3.63) is 66.0 Å². The molecule has 17 heavy (non-hydrogen) atoms. The van der Waals surface area contributed by atoms with Crippen LogP contribution in [0.25, 0.3) is 0 Å². The van der Waals surface area contributed by atoms with Crippen LogP contribution in [0.5, 0.6) is 0 Å². The molecule has 2 aromatic rings. The van der Waals surface area contributed by atoms with Gasteiger partial charge in [0, 0.05) is 18.6 Å². The van der Waals surface area contributed by atoms with Gasteiger partial charge in [0.2, 0.25) is 5.69 Å². The molecule has 0 bridgehead atoms. The molecule has 3 heteroatoms. The molecular weight excluding hydrogens is 278 g/mol. The molecule has 1 heterocycles. The van der Waals surface area contributed by atoms with Crippen molar-refractivity contribution in [2.45, 2.75) is 19.6 Å². The summed E-state index contributed by atoms with van der Waals surface area (Å²) in [5, 5.41) is 9.19. The summed E-state index contributed by atoms with van der Waals surface area (Å²) in [6.07, 6.45) is 3.00. The molecule has 1 N–H and O–H groups in total. The van der Waals surface area contributed by atoms with Crippen molar-refractivity contribution < 1.29 is 26.7 Å². The van der Waals surface area contributed by atoms with Gasteiger partial charge in [-0.25, -0.2) is 4.57 Å². The summed E-state index contributed by atoms with van der Waals surface area (Å²) in [6.45, 7) is 0.996. The molecule has 2 nitrogen and oxygen atoms in total. The Morgan fingerprint density at radius 3 is 2.35 bits per heavy atom. The minimum Gasteiger partial charge on any atom is -1.00 e. The van der Waals surface area contributed by atoms with E-state index < -0.39 is 0 Å². The smallest absolute Gasteiger partial charge is 0.207 e. The van der Waals surface area contributed by atoms with Crippen molar-refractivity contribution in [2.24, 2.45) is 0 Å². The lowest BCUT2D eigenvalue weighted by Gasteiger charge is -2.01. The Morgan fingerprint density at radius 2 is 1.65 bits per heavy atom. The fourth-order valence-electron chi connectivity index (χ4n) is 1.77. The van der Waals surface area contributed by atoms with Crippen molar-refractivity contribution in [3.63, 3.8) is 0 Å². The van der Waals surface area contributed by atoms with Gasteiger partial charge >= 0.3 is 0 Å². The summed E-state index contributed by atoms with van der Waals surface area (Å²) in [7, 11) is 0. The van der Waals surface area contributed by atoms with E-state index in [0.717, 1.165) is 18.7 Å². The van der Waals surface area contributed by atoms with Gasteiger partial charge < -0.3 is 22.1 Å². The molecule has 0 aliphatic rings. The van der Waals surface area contributed by atoms with Crippen LogP contribution in [0.15, 0.2) is 54.7 Å². The quantitative estimate of drug-likeness (QED) is 0.698. The number of aliphatic hydroxyl groups is 1. The first-order chi connectivity index (χ1) is 7.90. The van der Waals surface area contributed by atoms with E-state index in [9.17, 15) is 5.11 Å². The summed E-state index contributed by atoms with van der Waals surface area (Å²) in [4.78, 5) is 0. The van der Waals surface area contributed by atoms with E-state index in [-0.39, 0.29) is 23.6 Å². The SMILES string of the molecule is OCc1cccc[n+]1CCc1ccccc1.[Br-]. The van der Waals surface area contributed by atoms with E-state index in [1.807, 2.05) is 30.5 Å². The number of benzene rings is 1. The van der Waals surface area contributed by atoms with Gasteiger partial charge in [-0.1, -0.05) is 36.4 Å². The van der Waals surface area contributed by atoms with Gasteiger partial charge in [-0.15, -0.1) is 0 Å². The molecule has 0 amide bonds. The molecule has 0 saturated carbocycles. The summed E-state index contributed by atoms with van der Waals surface area (Å²) >= 11 is 0. The lowest BCUT2D eigenvalue weighted by atomic mass is 10.1. The monoisotopic (exact) mass is 293 g/mol. The maximum Gasteiger partial charge on any atom is 0.207 e. The van der Waals surface area contributed by atoms with Crippen LogP contribution < -0.4 is 21.5 Å². The third-order valence-corrected chi connectivity index (χ3v) is 2.68. The fraction of sp³-hybridized carbons (Fsp3) is 0.214. The molecule has 0 atom stereocenters. The highest BCUT2D eigenvalue weighted by Crippen LogP contribution is 2.00. The Balaban J connectivity index is 0.00000144. The van der Waals surface area contributed by atoms with E-state index in [4.69, 9.17) is 0 Å². The van der Waals surface area contributed by atoms with Crippen LogP contribution in [0, 0.1) is 0 Å². The molecular formula is C14H16BrNO. The summed E-state index contributed by atoms with van der Waals surface area (Å²) in [5.74, 6) is 0. The highest BCUT2D eigenvalue weighted by Gasteiger charge is 2.07. The second kappa shape index (κ2) is 7.20. The molecule has 90 valence electrons. The number of hydrogen-bond acceptors (Lipinski definition) is 1. The minimum atomic E-state index is 0. The number of nitrogens with zero attached hydrogens (tertiary/aromatic N) is 1. The molecule has 0 radical (unpaired) electrons. The lowest BCUT2D eigenvalue weighted by Crippen LogP contribution is -3.00. The van der Waals surface area contributed by atoms with Crippen LogP contribution >= 0.6 is 0 Å². The molecule has 2 rings (SSSR count). The van der Waals surface area contributed by atoms with Crippen LogP contribution in [0.3, 0.4) is 0 Å². The molecule has 1 aromatic carbocycles. The average Bonchev–Trinajstić information content (AvgIpc) is 2.38. The first kappa shape index (κ1) is 13.9. The highest BCUT2D eigenvalue weighted by atomic mass is 79.9. The fourth-order valence-corrected chi connectivity index (χ4v) is 1.77. The van der Waals surface area contributed by atoms with Crippen molar-refractivity contribution >= 4 is 0 Å². The maximum absolute atomic E-state index is 9.19. The van der Waals surface area contributed by atoms with E-state index in [1.54, 1.807) is 0 Å². The Kier molecular flexibility index (Phi) is 5.87. The number of hydrogen-bond donors (Lipinski definition) is 1. The van der Waals surface area contributed by atoms with E-state index in [2.05, 4.69) is 28.8 Å².